The van der Waals surface area contributed by atoms with Crippen LogP contribution in [0.4, 0.5) is 5.69 Å². The Balaban J connectivity index is 2.21. The maximum atomic E-state index is 12.5. The molecular weight excluding hydrogens is 360 g/mol. The van der Waals surface area contributed by atoms with Crippen molar-refractivity contribution >= 4 is 21.6 Å². The summed E-state index contributed by atoms with van der Waals surface area (Å²) < 4.78 is 26.0. The number of benzene rings is 2. The van der Waals surface area contributed by atoms with Crippen LogP contribution < -0.4 is 9.62 Å². The van der Waals surface area contributed by atoms with Crippen molar-refractivity contribution in [2.75, 3.05) is 17.1 Å². The first-order valence-electron chi connectivity index (χ1n) is 8.88. The topological polar surface area (TPSA) is 66.5 Å². The first-order valence-corrected chi connectivity index (χ1v) is 10.7. The predicted octanol–water partition coefficient (Wildman–Crippen LogP) is 3.37. The minimum Gasteiger partial charge on any atom is -0.350 e. The first kappa shape index (κ1) is 21.0. The number of para-hydroxylation sites is 1. The Morgan fingerprint density at radius 3 is 2.19 bits per heavy atom. The molecular formula is C21H28N2O3S. The normalized spacial score (nSPS) is 11.9. The molecule has 0 aliphatic rings. The van der Waals surface area contributed by atoms with E-state index in [1.54, 1.807) is 12.1 Å². The molecule has 0 unspecified atom stereocenters. The number of nitrogens with one attached hydrogen (secondary N) is 1. The molecule has 1 amide bonds. The van der Waals surface area contributed by atoms with Gasteiger partial charge in [-0.3, -0.25) is 9.10 Å². The van der Waals surface area contributed by atoms with Crippen molar-refractivity contribution < 1.29 is 13.2 Å². The highest BCUT2D eigenvalue weighted by Gasteiger charge is 2.27. The van der Waals surface area contributed by atoms with Crippen LogP contribution in [0.15, 0.2) is 48.5 Å². The van der Waals surface area contributed by atoms with E-state index in [9.17, 15) is 13.2 Å². The molecule has 5 nitrogen and oxygen atoms in total. The van der Waals surface area contributed by atoms with E-state index in [2.05, 4.69) is 5.32 Å². The van der Waals surface area contributed by atoms with Gasteiger partial charge < -0.3 is 5.32 Å². The van der Waals surface area contributed by atoms with Crippen LogP contribution in [-0.4, -0.2) is 27.1 Å². The van der Waals surface area contributed by atoms with Gasteiger partial charge in [-0.25, -0.2) is 8.42 Å². The minimum absolute atomic E-state index is 0.252. The van der Waals surface area contributed by atoms with E-state index < -0.39 is 10.0 Å². The molecule has 0 bridgehead atoms. The van der Waals surface area contributed by atoms with E-state index >= 15 is 0 Å². The molecule has 0 aromatic heterocycles. The monoisotopic (exact) mass is 388 g/mol. The Morgan fingerprint density at radius 1 is 1.04 bits per heavy atom. The van der Waals surface area contributed by atoms with Gasteiger partial charge in [0.25, 0.3) is 0 Å². The molecule has 0 aliphatic heterocycles. The Bertz CT molecular complexity index is 898. The SMILES string of the molecule is Cc1ccc(CNC(=O)CN(c2ccccc2C(C)(C)C)S(C)(=O)=O)cc1. The summed E-state index contributed by atoms with van der Waals surface area (Å²) in [7, 11) is -3.61. The van der Waals surface area contributed by atoms with E-state index in [0.29, 0.717) is 12.2 Å². The zero-order chi connectivity index (χ0) is 20.2. The van der Waals surface area contributed by atoms with E-state index in [4.69, 9.17) is 0 Å². The van der Waals surface area contributed by atoms with Crippen LogP contribution >= 0.6 is 0 Å². The Kier molecular flexibility index (Phi) is 6.31. The molecule has 0 saturated heterocycles. The predicted molar refractivity (Wildman–Crippen MR) is 110 cm³/mol. The van der Waals surface area contributed by atoms with Crippen LogP contribution in [0, 0.1) is 6.92 Å². The fourth-order valence-electron chi connectivity index (χ4n) is 2.80. The van der Waals surface area contributed by atoms with Gasteiger partial charge >= 0.3 is 0 Å². The molecule has 2 aromatic carbocycles. The van der Waals surface area contributed by atoms with Crippen LogP contribution in [0.3, 0.4) is 0 Å². The van der Waals surface area contributed by atoms with Crippen molar-refractivity contribution in [3.63, 3.8) is 0 Å². The molecule has 0 saturated carbocycles. The average molecular weight is 389 g/mol. The van der Waals surface area contributed by atoms with E-state index in [0.717, 1.165) is 22.9 Å². The molecule has 1 N–H and O–H groups in total. The van der Waals surface area contributed by atoms with E-state index in [1.165, 1.54) is 4.31 Å². The van der Waals surface area contributed by atoms with Crippen LogP contribution in [0.2, 0.25) is 0 Å². The maximum absolute atomic E-state index is 12.5. The van der Waals surface area contributed by atoms with Gasteiger partial charge in [0.05, 0.1) is 11.9 Å². The van der Waals surface area contributed by atoms with Crippen molar-refractivity contribution in [1.29, 1.82) is 0 Å². The molecule has 27 heavy (non-hydrogen) atoms. The summed E-state index contributed by atoms with van der Waals surface area (Å²) in [6.45, 7) is 8.16. The van der Waals surface area contributed by atoms with E-state index in [1.807, 2.05) is 64.1 Å². The number of anilines is 1. The van der Waals surface area contributed by atoms with Crippen molar-refractivity contribution in [1.82, 2.24) is 5.32 Å². The average Bonchev–Trinajstić information content (AvgIpc) is 2.57. The zero-order valence-electron chi connectivity index (χ0n) is 16.6. The lowest BCUT2D eigenvalue weighted by Crippen LogP contribution is -2.41. The van der Waals surface area contributed by atoms with Gasteiger partial charge in [-0.15, -0.1) is 0 Å². The fraction of sp³-hybridized carbons (Fsp3) is 0.381. The van der Waals surface area contributed by atoms with Crippen molar-refractivity contribution in [3.05, 3.63) is 65.2 Å². The number of hydrogen-bond donors (Lipinski definition) is 1. The number of amides is 1. The summed E-state index contributed by atoms with van der Waals surface area (Å²) in [6, 6.07) is 15.1. The zero-order valence-corrected chi connectivity index (χ0v) is 17.4. The summed E-state index contributed by atoms with van der Waals surface area (Å²) in [5.41, 5.74) is 3.28. The molecule has 2 rings (SSSR count). The first-order chi connectivity index (χ1) is 12.5. The van der Waals surface area contributed by atoms with Gasteiger partial charge in [-0.2, -0.15) is 0 Å². The smallest absolute Gasteiger partial charge is 0.241 e. The lowest BCUT2D eigenvalue weighted by molar-refractivity contribution is -0.119. The third-order valence-corrected chi connectivity index (χ3v) is 5.41. The maximum Gasteiger partial charge on any atom is 0.241 e. The fourth-order valence-corrected chi connectivity index (χ4v) is 3.67. The largest absolute Gasteiger partial charge is 0.350 e. The van der Waals surface area contributed by atoms with Crippen LogP contribution in [0.1, 0.15) is 37.5 Å². The van der Waals surface area contributed by atoms with E-state index in [-0.39, 0.29) is 17.9 Å². The third-order valence-electron chi connectivity index (χ3n) is 4.28. The minimum atomic E-state index is -3.61. The van der Waals surface area contributed by atoms with Crippen molar-refractivity contribution in [2.45, 2.75) is 39.7 Å². The summed E-state index contributed by atoms with van der Waals surface area (Å²) in [6.07, 6.45) is 1.12. The Hall–Kier alpha value is -2.34. The van der Waals surface area contributed by atoms with Gasteiger partial charge in [-0.1, -0.05) is 68.8 Å². The molecule has 0 radical (unpaired) electrons. The van der Waals surface area contributed by atoms with Crippen LogP contribution in [-0.2, 0) is 26.8 Å². The summed E-state index contributed by atoms with van der Waals surface area (Å²) in [4.78, 5) is 12.5. The van der Waals surface area contributed by atoms with Crippen LogP contribution in [0.25, 0.3) is 0 Å². The number of carbonyl (C=O) groups excluding carboxylic acids is 1. The summed E-state index contributed by atoms with van der Waals surface area (Å²) >= 11 is 0. The summed E-state index contributed by atoms with van der Waals surface area (Å²) in [5, 5.41) is 2.80. The summed E-state index contributed by atoms with van der Waals surface area (Å²) in [5.74, 6) is -0.343. The molecule has 0 fully saturated rings. The Labute approximate surface area is 162 Å². The van der Waals surface area contributed by atoms with Gasteiger partial charge in [-0.05, 0) is 29.5 Å². The molecule has 0 heterocycles. The third kappa shape index (κ3) is 5.82. The molecule has 0 spiro atoms. The highest BCUT2D eigenvalue weighted by Crippen LogP contribution is 2.32. The van der Waals surface area contributed by atoms with Crippen LogP contribution in [0.5, 0.6) is 0 Å². The molecule has 0 atom stereocenters. The second-order valence-electron chi connectivity index (χ2n) is 7.80. The van der Waals surface area contributed by atoms with Crippen molar-refractivity contribution in [2.24, 2.45) is 0 Å². The number of nitrogens with zero attached hydrogens (tertiary/aromatic N) is 1. The lowest BCUT2D eigenvalue weighted by atomic mass is 9.86. The number of carbonyl (C=O) groups is 1. The van der Waals surface area contributed by atoms with Gasteiger partial charge in [0.2, 0.25) is 15.9 Å². The standard InChI is InChI=1S/C21H28N2O3S/c1-16-10-12-17(13-11-16)14-22-20(24)15-23(27(5,25)26)19-9-7-6-8-18(19)21(2,3)4/h6-13H,14-15H2,1-5H3,(H,22,24). The Morgan fingerprint density at radius 2 is 1.63 bits per heavy atom. The lowest BCUT2D eigenvalue weighted by Gasteiger charge is -2.29. The molecule has 2 aromatic rings. The van der Waals surface area contributed by atoms with Gasteiger partial charge in [0.15, 0.2) is 0 Å². The molecule has 146 valence electrons. The number of aryl methyl sites for hydroxylation is 1. The molecule has 0 aliphatic carbocycles. The second-order valence-corrected chi connectivity index (χ2v) is 9.71. The highest BCUT2D eigenvalue weighted by atomic mass is 32.2. The number of hydrogen-bond acceptors (Lipinski definition) is 3. The highest BCUT2D eigenvalue weighted by molar-refractivity contribution is 7.92. The number of sulfonamides is 1. The number of rotatable bonds is 6. The quantitative estimate of drug-likeness (QED) is 0.825. The second kappa shape index (κ2) is 8.13. The van der Waals surface area contributed by atoms with Gasteiger partial charge in [0.1, 0.15) is 6.54 Å². The van der Waals surface area contributed by atoms with Gasteiger partial charge in [0, 0.05) is 6.54 Å². The van der Waals surface area contributed by atoms with Crippen molar-refractivity contribution in [3.8, 4) is 0 Å². The molecule has 6 heteroatoms.